The van der Waals surface area contributed by atoms with Gasteiger partial charge in [-0.3, -0.25) is 0 Å². The Morgan fingerprint density at radius 2 is 2.05 bits per heavy atom. The molecule has 0 radical (unpaired) electrons. The second-order valence-electron chi connectivity index (χ2n) is 6.41. The molecule has 1 rings (SSSR count). The van der Waals surface area contributed by atoms with Gasteiger partial charge in [0.25, 0.3) is 0 Å². The lowest BCUT2D eigenvalue weighted by Crippen LogP contribution is -2.32. The Morgan fingerprint density at radius 3 is 2.64 bits per heavy atom. The fraction of sp³-hybridized carbons (Fsp3) is 0.647. The molecular formula is C17H30N4O. The van der Waals surface area contributed by atoms with Crippen LogP contribution in [0.2, 0.25) is 0 Å². The van der Waals surface area contributed by atoms with Crippen LogP contribution in [0.25, 0.3) is 0 Å². The van der Waals surface area contributed by atoms with Gasteiger partial charge >= 0.3 is 0 Å². The minimum atomic E-state index is -0.237. The van der Waals surface area contributed by atoms with E-state index in [2.05, 4.69) is 22.2 Å². The Bertz CT molecular complexity index is 449. The van der Waals surface area contributed by atoms with Crippen molar-refractivity contribution in [3.63, 3.8) is 0 Å². The molecule has 0 fully saturated rings. The summed E-state index contributed by atoms with van der Waals surface area (Å²) in [6.45, 7) is 9.61. The van der Waals surface area contributed by atoms with Gasteiger partial charge in [-0.05, 0) is 32.8 Å². The molecule has 0 spiro atoms. The Balaban J connectivity index is 2.35. The summed E-state index contributed by atoms with van der Waals surface area (Å²) in [7, 11) is 0. The summed E-state index contributed by atoms with van der Waals surface area (Å²) in [5.74, 6) is 1.12. The number of aliphatic imine (C=N–C) groups is 1. The van der Waals surface area contributed by atoms with Crippen LogP contribution in [0.15, 0.2) is 23.3 Å². The van der Waals surface area contributed by atoms with E-state index in [0.29, 0.717) is 18.4 Å². The predicted molar refractivity (Wildman–Crippen MR) is 92.1 cm³/mol. The van der Waals surface area contributed by atoms with Gasteiger partial charge in [0.05, 0.1) is 6.54 Å². The molecule has 0 aliphatic rings. The zero-order chi connectivity index (χ0) is 16.4. The number of unbranched alkanes of at least 4 members (excludes halogenated alkanes) is 3. The quantitative estimate of drug-likeness (QED) is 0.439. The molecule has 124 valence electrons. The minimum Gasteiger partial charge on any atom is -0.472 e. The highest BCUT2D eigenvalue weighted by atomic mass is 16.5. The number of nitrogens with one attached hydrogen (secondary N) is 1. The highest BCUT2D eigenvalue weighted by Gasteiger charge is 2.12. The predicted octanol–water partition coefficient (Wildman–Crippen LogP) is 3.24. The zero-order valence-electron chi connectivity index (χ0n) is 14.4. The van der Waals surface area contributed by atoms with Crippen LogP contribution in [0.5, 0.6) is 5.88 Å². The molecule has 0 aliphatic carbocycles. The third kappa shape index (κ3) is 8.49. The van der Waals surface area contributed by atoms with Crippen molar-refractivity contribution in [3.05, 3.63) is 23.9 Å². The standard InChI is InChI=1S/C17H30N4O/c1-5-6-7-8-11-19-16(18)21-13-14-9-10-15(20-12-14)22-17(2,3)4/h9-10,12H,5-8,11,13H2,1-4H3,(H3,18,19,21). The average molecular weight is 306 g/mol. The first-order chi connectivity index (χ1) is 10.4. The van der Waals surface area contributed by atoms with Gasteiger partial charge in [0, 0.05) is 18.8 Å². The highest BCUT2D eigenvalue weighted by Crippen LogP contribution is 2.15. The number of hydrogen-bond donors (Lipinski definition) is 2. The molecule has 1 heterocycles. The molecule has 22 heavy (non-hydrogen) atoms. The third-order valence-corrected chi connectivity index (χ3v) is 2.98. The molecule has 1 aromatic rings. The largest absolute Gasteiger partial charge is 0.472 e. The number of guanidine groups is 1. The van der Waals surface area contributed by atoms with E-state index < -0.39 is 0 Å². The van der Waals surface area contributed by atoms with E-state index in [1.54, 1.807) is 6.20 Å². The lowest BCUT2D eigenvalue weighted by Gasteiger charge is -2.20. The van der Waals surface area contributed by atoms with Gasteiger partial charge in [0.1, 0.15) is 5.60 Å². The Labute approximate surface area is 134 Å². The smallest absolute Gasteiger partial charge is 0.213 e. The second kappa shape index (κ2) is 9.28. The highest BCUT2D eigenvalue weighted by molar-refractivity contribution is 5.77. The van der Waals surface area contributed by atoms with Crippen molar-refractivity contribution in [2.45, 2.75) is 65.5 Å². The van der Waals surface area contributed by atoms with Crippen LogP contribution >= 0.6 is 0 Å². The molecule has 3 N–H and O–H groups in total. The third-order valence-electron chi connectivity index (χ3n) is 2.98. The molecule has 1 aromatic heterocycles. The van der Waals surface area contributed by atoms with E-state index >= 15 is 0 Å². The van der Waals surface area contributed by atoms with Crippen LogP contribution in [0, 0.1) is 0 Å². The lowest BCUT2D eigenvalue weighted by molar-refractivity contribution is 0.124. The number of rotatable bonds is 8. The number of aromatic nitrogens is 1. The topological polar surface area (TPSA) is 72.5 Å². The Morgan fingerprint density at radius 1 is 1.27 bits per heavy atom. The zero-order valence-corrected chi connectivity index (χ0v) is 14.4. The second-order valence-corrected chi connectivity index (χ2v) is 6.41. The molecule has 0 saturated heterocycles. The molecule has 0 amide bonds. The fourth-order valence-corrected chi connectivity index (χ4v) is 1.88. The van der Waals surface area contributed by atoms with Crippen molar-refractivity contribution in [2.75, 3.05) is 6.54 Å². The van der Waals surface area contributed by atoms with Gasteiger partial charge in [0.15, 0.2) is 5.96 Å². The first-order valence-electron chi connectivity index (χ1n) is 8.08. The summed E-state index contributed by atoms with van der Waals surface area (Å²) in [5, 5.41) is 3.14. The normalized spacial score (nSPS) is 12.3. The van der Waals surface area contributed by atoms with E-state index in [1.165, 1.54) is 19.3 Å². The molecule has 5 heteroatoms. The Kier molecular flexibility index (Phi) is 7.71. The summed E-state index contributed by atoms with van der Waals surface area (Å²) < 4.78 is 5.68. The maximum absolute atomic E-state index is 5.84. The van der Waals surface area contributed by atoms with E-state index in [0.717, 1.165) is 18.5 Å². The maximum atomic E-state index is 5.84. The van der Waals surface area contributed by atoms with Crippen LogP contribution in [0.1, 0.15) is 58.9 Å². The van der Waals surface area contributed by atoms with Gasteiger partial charge in [0.2, 0.25) is 5.88 Å². The number of hydrogen-bond acceptors (Lipinski definition) is 3. The van der Waals surface area contributed by atoms with E-state index in [1.807, 2.05) is 32.9 Å². The van der Waals surface area contributed by atoms with Crippen molar-refractivity contribution in [3.8, 4) is 5.88 Å². The number of nitrogens with zero attached hydrogens (tertiary/aromatic N) is 2. The van der Waals surface area contributed by atoms with Gasteiger partial charge in [-0.25, -0.2) is 9.98 Å². The van der Waals surface area contributed by atoms with Crippen LogP contribution in [0.4, 0.5) is 0 Å². The van der Waals surface area contributed by atoms with Crippen molar-refractivity contribution in [1.82, 2.24) is 10.3 Å². The summed E-state index contributed by atoms with van der Waals surface area (Å²) in [5.41, 5.74) is 6.62. The number of nitrogens with two attached hydrogens (primary N) is 1. The summed E-state index contributed by atoms with van der Waals surface area (Å²) >= 11 is 0. The van der Waals surface area contributed by atoms with Gasteiger partial charge in [-0.15, -0.1) is 0 Å². The maximum Gasteiger partial charge on any atom is 0.213 e. The first-order valence-corrected chi connectivity index (χ1v) is 8.08. The number of pyridine rings is 1. The van der Waals surface area contributed by atoms with Gasteiger partial charge < -0.3 is 15.8 Å². The monoisotopic (exact) mass is 306 g/mol. The molecule has 5 nitrogen and oxygen atoms in total. The van der Waals surface area contributed by atoms with Crippen LogP contribution < -0.4 is 15.8 Å². The molecule has 0 aromatic carbocycles. The Hall–Kier alpha value is -1.78. The minimum absolute atomic E-state index is 0.237. The average Bonchev–Trinajstić information content (AvgIpc) is 2.45. The van der Waals surface area contributed by atoms with Crippen LogP contribution in [-0.2, 0) is 6.54 Å². The fourth-order valence-electron chi connectivity index (χ4n) is 1.88. The summed E-state index contributed by atoms with van der Waals surface area (Å²) in [6.07, 6.45) is 6.65. The molecule has 0 aliphatic heterocycles. The van der Waals surface area contributed by atoms with Crippen LogP contribution in [0.3, 0.4) is 0 Å². The van der Waals surface area contributed by atoms with E-state index in [-0.39, 0.29) is 5.60 Å². The van der Waals surface area contributed by atoms with Crippen molar-refractivity contribution in [1.29, 1.82) is 0 Å². The first kappa shape index (κ1) is 18.3. The molecule has 0 unspecified atom stereocenters. The molecule has 0 atom stereocenters. The summed E-state index contributed by atoms with van der Waals surface area (Å²) in [6, 6.07) is 3.83. The van der Waals surface area contributed by atoms with Gasteiger partial charge in [-0.2, -0.15) is 0 Å². The van der Waals surface area contributed by atoms with E-state index in [9.17, 15) is 0 Å². The molecular weight excluding hydrogens is 276 g/mol. The number of ether oxygens (including phenoxy) is 1. The van der Waals surface area contributed by atoms with Crippen molar-refractivity contribution >= 4 is 5.96 Å². The van der Waals surface area contributed by atoms with E-state index in [4.69, 9.17) is 10.5 Å². The lowest BCUT2D eigenvalue weighted by atomic mass is 10.2. The van der Waals surface area contributed by atoms with Crippen LogP contribution in [-0.4, -0.2) is 23.1 Å². The molecule has 0 saturated carbocycles. The SMILES string of the molecule is CCCCCCNC(N)=NCc1ccc(OC(C)(C)C)nc1. The van der Waals surface area contributed by atoms with Crippen molar-refractivity contribution < 1.29 is 4.74 Å². The van der Waals surface area contributed by atoms with Crippen molar-refractivity contribution in [2.24, 2.45) is 10.7 Å². The molecule has 0 bridgehead atoms. The summed E-state index contributed by atoms with van der Waals surface area (Å²) in [4.78, 5) is 8.60. The van der Waals surface area contributed by atoms with Gasteiger partial charge in [-0.1, -0.05) is 32.3 Å².